The second kappa shape index (κ2) is 5.27. The fourth-order valence-electron chi connectivity index (χ4n) is 1.90. The van der Waals surface area contributed by atoms with Crippen LogP contribution in [0.25, 0.3) is 16.8 Å². The third-order valence-corrected chi connectivity index (χ3v) is 2.72. The molecular weight excluding hydrogens is 228 g/mol. The molecule has 0 atom stereocenters. The van der Waals surface area contributed by atoms with E-state index in [-0.39, 0.29) is 5.97 Å². The summed E-state index contributed by atoms with van der Waals surface area (Å²) in [5.74, 6) is -0.364. The number of carbonyl (C=O) groups excluding carboxylic acids is 2. The zero-order valence-corrected chi connectivity index (χ0v) is 9.92. The van der Waals surface area contributed by atoms with Crippen LogP contribution in [0.4, 0.5) is 0 Å². The SMILES string of the molecule is COC(=O)c1ccc(/C=C/C=O)c2ccccc12. The van der Waals surface area contributed by atoms with Gasteiger partial charge in [-0.3, -0.25) is 4.79 Å². The maximum Gasteiger partial charge on any atom is 0.338 e. The summed E-state index contributed by atoms with van der Waals surface area (Å²) in [6.45, 7) is 0. The molecule has 2 rings (SSSR count). The number of fused-ring (bicyclic) bond motifs is 1. The first-order chi connectivity index (χ1) is 8.77. The van der Waals surface area contributed by atoms with E-state index in [9.17, 15) is 9.59 Å². The van der Waals surface area contributed by atoms with E-state index in [1.807, 2.05) is 24.3 Å². The molecule has 0 aliphatic rings. The maximum absolute atomic E-state index is 11.7. The molecule has 0 aliphatic carbocycles. The molecule has 0 amide bonds. The van der Waals surface area contributed by atoms with Gasteiger partial charge in [-0.2, -0.15) is 0 Å². The van der Waals surface area contributed by atoms with Crippen molar-refractivity contribution in [2.24, 2.45) is 0 Å². The molecule has 90 valence electrons. The highest BCUT2D eigenvalue weighted by molar-refractivity contribution is 6.07. The Bertz CT molecular complexity index is 627. The third-order valence-electron chi connectivity index (χ3n) is 2.72. The molecule has 0 aliphatic heterocycles. The van der Waals surface area contributed by atoms with Crippen molar-refractivity contribution in [1.29, 1.82) is 0 Å². The molecule has 0 spiro atoms. The summed E-state index contributed by atoms with van der Waals surface area (Å²) in [6.07, 6.45) is 3.87. The minimum absolute atomic E-state index is 0.364. The summed E-state index contributed by atoms with van der Waals surface area (Å²) >= 11 is 0. The molecule has 0 N–H and O–H groups in total. The van der Waals surface area contributed by atoms with Crippen LogP contribution in [0.15, 0.2) is 42.5 Å². The lowest BCUT2D eigenvalue weighted by molar-refractivity contribution is -0.104. The second-order valence-electron chi connectivity index (χ2n) is 3.73. The Morgan fingerprint density at radius 3 is 2.50 bits per heavy atom. The highest BCUT2D eigenvalue weighted by Crippen LogP contribution is 2.24. The lowest BCUT2D eigenvalue weighted by Gasteiger charge is -2.07. The summed E-state index contributed by atoms with van der Waals surface area (Å²) in [7, 11) is 1.36. The molecule has 0 bridgehead atoms. The highest BCUT2D eigenvalue weighted by Gasteiger charge is 2.11. The third kappa shape index (κ3) is 2.15. The van der Waals surface area contributed by atoms with Crippen molar-refractivity contribution < 1.29 is 14.3 Å². The highest BCUT2D eigenvalue weighted by atomic mass is 16.5. The van der Waals surface area contributed by atoms with E-state index in [0.29, 0.717) is 5.56 Å². The Morgan fingerprint density at radius 2 is 1.83 bits per heavy atom. The minimum atomic E-state index is -0.364. The number of benzene rings is 2. The van der Waals surface area contributed by atoms with Gasteiger partial charge in [-0.25, -0.2) is 4.79 Å². The predicted molar refractivity (Wildman–Crippen MR) is 70.4 cm³/mol. The van der Waals surface area contributed by atoms with E-state index in [1.54, 1.807) is 18.2 Å². The molecular formula is C15H12O3. The van der Waals surface area contributed by atoms with Crippen LogP contribution in [-0.2, 0) is 9.53 Å². The number of allylic oxidation sites excluding steroid dienone is 1. The van der Waals surface area contributed by atoms with Gasteiger partial charge in [0.15, 0.2) is 0 Å². The Balaban J connectivity index is 2.69. The van der Waals surface area contributed by atoms with Gasteiger partial charge < -0.3 is 4.74 Å². The molecule has 0 radical (unpaired) electrons. The van der Waals surface area contributed by atoms with Crippen LogP contribution in [0.3, 0.4) is 0 Å². The van der Waals surface area contributed by atoms with Gasteiger partial charge in [0.2, 0.25) is 0 Å². The minimum Gasteiger partial charge on any atom is -0.465 e. The first-order valence-corrected chi connectivity index (χ1v) is 5.50. The zero-order chi connectivity index (χ0) is 13.0. The van der Waals surface area contributed by atoms with Gasteiger partial charge in [0.1, 0.15) is 6.29 Å². The Morgan fingerprint density at radius 1 is 1.11 bits per heavy atom. The first kappa shape index (κ1) is 12.0. The summed E-state index contributed by atoms with van der Waals surface area (Å²) in [5.41, 5.74) is 1.42. The van der Waals surface area contributed by atoms with Crippen molar-refractivity contribution in [2.45, 2.75) is 0 Å². The topological polar surface area (TPSA) is 43.4 Å². The average Bonchev–Trinajstić information content (AvgIpc) is 2.43. The van der Waals surface area contributed by atoms with E-state index in [2.05, 4.69) is 0 Å². The Hall–Kier alpha value is -2.42. The van der Waals surface area contributed by atoms with E-state index in [4.69, 9.17) is 4.74 Å². The van der Waals surface area contributed by atoms with Crippen molar-refractivity contribution in [2.75, 3.05) is 7.11 Å². The van der Waals surface area contributed by atoms with Crippen molar-refractivity contribution >= 4 is 29.1 Å². The summed E-state index contributed by atoms with van der Waals surface area (Å²) < 4.78 is 4.75. The largest absolute Gasteiger partial charge is 0.465 e. The first-order valence-electron chi connectivity index (χ1n) is 5.50. The molecule has 0 fully saturated rings. The molecule has 0 unspecified atom stereocenters. The number of esters is 1. The van der Waals surface area contributed by atoms with Gasteiger partial charge in [-0.05, 0) is 28.5 Å². The van der Waals surface area contributed by atoms with Gasteiger partial charge >= 0.3 is 5.97 Å². The van der Waals surface area contributed by atoms with Crippen LogP contribution < -0.4 is 0 Å². The Kier molecular flexibility index (Phi) is 3.53. The summed E-state index contributed by atoms with van der Waals surface area (Å²) in [6, 6.07) is 11.0. The fraction of sp³-hybridized carbons (Fsp3) is 0.0667. The van der Waals surface area contributed by atoms with Crippen LogP contribution in [0.5, 0.6) is 0 Å². The lowest BCUT2D eigenvalue weighted by Crippen LogP contribution is -2.02. The second-order valence-corrected chi connectivity index (χ2v) is 3.73. The number of rotatable bonds is 3. The van der Waals surface area contributed by atoms with Crippen molar-refractivity contribution in [3.8, 4) is 0 Å². The molecule has 2 aromatic rings. The van der Waals surface area contributed by atoms with Gasteiger partial charge in [0.05, 0.1) is 12.7 Å². The lowest BCUT2D eigenvalue weighted by atomic mass is 9.99. The van der Waals surface area contributed by atoms with Gasteiger partial charge in [-0.1, -0.05) is 36.4 Å². The normalized spacial score (nSPS) is 10.7. The molecule has 0 aromatic heterocycles. The summed E-state index contributed by atoms with van der Waals surface area (Å²) in [4.78, 5) is 22.0. The molecule has 0 heterocycles. The van der Waals surface area contributed by atoms with Crippen LogP contribution in [-0.4, -0.2) is 19.4 Å². The number of methoxy groups -OCH3 is 1. The number of aldehydes is 1. The number of hydrogen-bond donors (Lipinski definition) is 0. The van der Waals surface area contributed by atoms with E-state index in [1.165, 1.54) is 13.2 Å². The smallest absolute Gasteiger partial charge is 0.338 e. The quantitative estimate of drug-likeness (QED) is 0.470. The average molecular weight is 240 g/mol. The van der Waals surface area contributed by atoms with E-state index >= 15 is 0 Å². The van der Waals surface area contributed by atoms with Crippen LogP contribution in [0.1, 0.15) is 15.9 Å². The molecule has 3 heteroatoms. The van der Waals surface area contributed by atoms with Crippen LogP contribution in [0.2, 0.25) is 0 Å². The van der Waals surface area contributed by atoms with Crippen LogP contribution >= 0.6 is 0 Å². The van der Waals surface area contributed by atoms with Crippen molar-refractivity contribution in [3.05, 3.63) is 53.6 Å². The van der Waals surface area contributed by atoms with Gasteiger partial charge in [-0.15, -0.1) is 0 Å². The number of hydrogen-bond acceptors (Lipinski definition) is 3. The monoisotopic (exact) mass is 240 g/mol. The predicted octanol–water partition coefficient (Wildman–Crippen LogP) is 2.84. The number of carbonyl (C=O) groups is 2. The molecule has 18 heavy (non-hydrogen) atoms. The standard InChI is InChI=1S/C15H12O3/c1-18-15(17)14-9-8-11(5-4-10-16)12-6-2-3-7-13(12)14/h2-10H,1H3/b5-4+. The van der Waals surface area contributed by atoms with Gasteiger partial charge in [0, 0.05) is 0 Å². The molecule has 0 saturated carbocycles. The summed E-state index contributed by atoms with van der Waals surface area (Å²) in [5, 5.41) is 1.73. The maximum atomic E-state index is 11.7. The molecule has 3 nitrogen and oxygen atoms in total. The fourth-order valence-corrected chi connectivity index (χ4v) is 1.90. The Labute approximate surface area is 105 Å². The van der Waals surface area contributed by atoms with Crippen LogP contribution in [0, 0.1) is 0 Å². The zero-order valence-electron chi connectivity index (χ0n) is 9.92. The van der Waals surface area contributed by atoms with E-state index in [0.717, 1.165) is 22.6 Å². The van der Waals surface area contributed by atoms with Crippen molar-refractivity contribution in [3.63, 3.8) is 0 Å². The van der Waals surface area contributed by atoms with E-state index < -0.39 is 0 Å². The molecule has 2 aromatic carbocycles. The van der Waals surface area contributed by atoms with Gasteiger partial charge in [0.25, 0.3) is 0 Å². The van der Waals surface area contributed by atoms with Crippen molar-refractivity contribution in [1.82, 2.24) is 0 Å². The molecule has 0 saturated heterocycles. The number of ether oxygens (including phenoxy) is 1.